The van der Waals surface area contributed by atoms with Crippen LogP contribution in [0.25, 0.3) is 10.9 Å². The van der Waals surface area contributed by atoms with Crippen LogP contribution in [0.1, 0.15) is 43.2 Å². The van der Waals surface area contributed by atoms with Crippen molar-refractivity contribution in [1.82, 2.24) is 9.55 Å². The van der Waals surface area contributed by atoms with Crippen LogP contribution < -0.4 is 10.5 Å². The molecular weight excluding hydrogens is 314 g/mol. The predicted molar refractivity (Wildman–Crippen MR) is 100 cm³/mol. The Bertz CT molecular complexity index is 857. The fourth-order valence-electron chi connectivity index (χ4n) is 4.71. The van der Waals surface area contributed by atoms with Crippen LogP contribution in [0.3, 0.4) is 0 Å². The highest BCUT2D eigenvalue weighted by molar-refractivity contribution is 5.83. The SMILES string of the molecule is Cc1cc(CCO)c2nc(N3CC4(CCCCC4)C3)n(C)c(=O)c2c1. The van der Waals surface area contributed by atoms with Crippen molar-refractivity contribution in [1.29, 1.82) is 0 Å². The molecule has 5 heteroatoms. The molecule has 134 valence electrons. The number of benzene rings is 1. The van der Waals surface area contributed by atoms with Crippen molar-refractivity contribution in [3.63, 3.8) is 0 Å². The normalized spacial score (nSPS) is 19.4. The number of aryl methyl sites for hydroxylation is 1. The van der Waals surface area contributed by atoms with Crippen molar-refractivity contribution in [3.8, 4) is 0 Å². The molecule has 0 unspecified atom stereocenters. The quantitative estimate of drug-likeness (QED) is 0.932. The first-order chi connectivity index (χ1) is 12.0. The van der Waals surface area contributed by atoms with Gasteiger partial charge in [-0.15, -0.1) is 0 Å². The van der Waals surface area contributed by atoms with Gasteiger partial charge >= 0.3 is 0 Å². The number of aliphatic hydroxyl groups excluding tert-OH is 1. The number of hydrogen-bond donors (Lipinski definition) is 1. The molecule has 1 aliphatic heterocycles. The summed E-state index contributed by atoms with van der Waals surface area (Å²) in [4.78, 5) is 20.0. The molecule has 0 radical (unpaired) electrons. The van der Waals surface area contributed by atoms with Gasteiger partial charge in [0, 0.05) is 32.2 Å². The molecule has 4 rings (SSSR count). The highest BCUT2D eigenvalue weighted by Crippen LogP contribution is 2.45. The molecule has 1 aromatic heterocycles. The van der Waals surface area contributed by atoms with Crippen LogP contribution in [0.4, 0.5) is 5.95 Å². The van der Waals surface area contributed by atoms with E-state index in [-0.39, 0.29) is 12.2 Å². The van der Waals surface area contributed by atoms with E-state index in [4.69, 9.17) is 4.98 Å². The number of hydrogen-bond acceptors (Lipinski definition) is 4. The summed E-state index contributed by atoms with van der Waals surface area (Å²) >= 11 is 0. The molecule has 1 N–H and O–H groups in total. The summed E-state index contributed by atoms with van der Waals surface area (Å²) in [5.41, 5.74) is 3.21. The number of nitrogens with zero attached hydrogens (tertiary/aromatic N) is 3. The Kier molecular flexibility index (Phi) is 4.07. The zero-order valence-electron chi connectivity index (χ0n) is 15.2. The van der Waals surface area contributed by atoms with Crippen molar-refractivity contribution < 1.29 is 5.11 Å². The molecule has 0 atom stereocenters. The van der Waals surface area contributed by atoms with E-state index >= 15 is 0 Å². The van der Waals surface area contributed by atoms with E-state index in [1.54, 1.807) is 4.57 Å². The molecule has 2 heterocycles. The number of rotatable bonds is 3. The summed E-state index contributed by atoms with van der Waals surface area (Å²) in [6, 6.07) is 3.95. The highest BCUT2D eigenvalue weighted by atomic mass is 16.3. The van der Waals surface area contributed by atoms with Crippen LogP contribution in [-0.2, 0) is 13.5 Å². The molecule has 1 saturated heterocycles. The molecule has 25 heavy (non-hydrogen) atoms. The summed E-state index contributed by atoms with van der Waals surface area (Å²) < 4.78 is 1.69. The van der Waals surface area contributed by atoms with E-state index in [0.717, 1.165) is 35.7 Å². The van der Waals surface area contributed by atoms with Gasteiger partial charge in [-0.25, -0.2) is 4.98 Å². The molecule has 2 aliphatic rings. The number of aromatic nitrogens is 2. The fourth-order valence-corrected chi connectivity index (χ4v) is 4.71. The topological polar surface area (TPSA) is 58.4 Å². The van der Waals surface area contributed by atoms with Gasteiger partial charge in [0.1, 0.15) is 0 Å². The third-order valence-electron chi connectivity index (χ3n) is 6.01. The van der Waals surface area contributed by atoms with Gasteiger partial charge in [-0.3, -0.25) is 9.36 Å². The van der Waals surface area contributed by atoms with Gasteiger partial charge in [0.15, 0.2) is 0 Å². The van der Waals surface area contributed by atoms with Gasteiger partial charge in [0.2, 0.25) is 5.95 Å². The van der Waals surface area contributed by atoms with E-state index in [2.05, 4.69) is 4.90 Å². The number of fused-ring (bicyclic) bond motifs is 1. The Morgan fingerprint density at radius 1 is 1.20 bits per heavy atom. The first-order valence-electron chi connectivity index (χ1n) is 9.39. The minimum absolute atomic E-state index is 0.00693. The predicted octanol–water partition coefficient (Wildman–Crippen LogP) is 2.55. The molecule has 0 amide bonds. The van der Waals surface area contributed by atoms with E-state index in [1.807, 2.05) is 26.1 Å². The molecule has 0 bridgehead atoms. The van der Waals surface area contributed by atoms with E-state index < -0.39 is 0 Å². The van der Waals surface area contributed by atoms with Gasteiger partial charge in [-0.2, -0.15) is 0 Å². The molecule has 2 aromatic rings. The Labute approximate surface area is 148 Å². The summed E-state index contributed by atoms with van der Waals surface area (Å²) in [6.45, 7) is 4.08. The highest BCUT2D eigenvalue weighted by Gasteiger charge is 2.44. The summed E-state index contributed by atoms with van der Waals surface area (Å²) in [6.07, 6.45) is 7.16. The van der Waals surface area contributed by atoms with Crippen LogP contribution in [-0.4, -0.2) is 34.4 Å². The molecule has 1 spiro atoms. The largest absolute Gasteiger partial charge is 0.396 e. The maximum absolute atomic E-state index is 12.9. The van der Waals surface area contributed by atoms with Crippen molar-refractivity contribution >= 4 is 16.9 Å². The Hall–Kier alpha value is -1.88. The summed E-state index contributed by atoms with van der Waals surface area (Å²) in [7, 11) is 1.82. The first kappa shape index (κ1) is 16.6. The zero-order chi connectivity index (χ0) is 17.6. The lowest BCUT2D eigenvalue weighted by molar-refractivity contribution is 0.136. The minimum atomic E-state index is 0.00693. The van der Waals surface area contributed by atoms with Crippen molar-refractivity contribution in [2.75, 3.05) is 24.6 Å². The second-order valence-corrected chi connectivity index (χ2v) is 7.99. The third kappa shape index (κ3) is 2.74. The lowest BCUT2D eigenvalue weighted by atomic mass is 9.69. The Morgan fingerprint density at radius 3 is 2.60 bits per heavy atom. The molecule has 2 fully saturated rings. The average molecular weight is 341 g/mol. The van der Waals surface area contributed by atoms with Crippen LogP contribution in [0.2, 0.25) is 0 Å². The number of aliphatic hydroxyl groups is 1. The second kappa shape index (κ2) is 6.13. The summed E-state index contributed by atoms with van der Waals surface area (Å²) in [5.74, 6) is 0.775. The lowest BCUT2D eigenvalue weighted by Gasteiger charge is -2.53. The Balaban J connectivity index is 1.75. The van der Waals surface area contributed by atoms with Gasteiger partial charge in [0.25, 0.3) is 5.56 Å². The summed E-state index contributed by atoms with van der Waals surface area (Å²) in [5, 5.41) is 10.0. The zero-order valence-corrected chi connectivity index (χ0v) is 15.2. The van der Waals surface area contributed by atoms with Crippen molar-refractivity contribution in [2.24, 2.45) is 12.5 Å². The molecule has 1 aromatic carbocycles. The van der Waals surface area contributed by atoms with E-state index in [0.29, 0.717) is 17.2 Å². The van der Waals surface area contributed by atoms with E-state index in [1.165, 1.54) is 32.1 Å². The van der Waals surface area contributed by atoms with Crippen molar-refractivity contribution in [2.45, 2.75) is 45.4 Å². The van der Waals surface area contributed by atoms with Gasteiger partial charge in [-0.1, -0.05) is 25.3 Å². The maximum Gasteiger partial charge on any atom is 0.262 e. The molecule has 5 nitrogen and oxygen atoms in total. The first-order valence-corrected chi connectivity index (χ1v) is 9.39. The minimum Gasteiger partial charge on any atom is -0.396 e. The average Bonchev–Trinajstić information content (AvgIpc) is 2.57. The van der Waals surface area contributed by atoms with Crippen molar-refractivity contribution in [3.05, 3.63) is 33.6 Å². The molecule has 1 saturated carbocycles. The van der Waals surface area contributed by atoms with Crippen LogP contribution in [0.5, 0.6) is 0 Å². The standard InChI is InChI=1S/C20H27N3O2/c1-14-10-15(6-9-24)17-16(11-14)18(25)22(2)19(21-17)23-12-20(13-23)7-4-3-5-8-20/h10-11,24H,3-9,12-13H2,1-2H3. The van der Waals surface area contributed by atoms with Crippen LogP contribution >= 0.6 is 0 Å². The Morgan fingerprint density at radius 2 is 1.92 bits per heavy atom. The van der Waals surface area contributed by atoms with Gasteiger partial charge in [0.05, 0.1) is 10.9 Å². The van der Waals surface area contributed by atoms with Gasteiger partial charge in [-0.05, 0) is 43.4 Å². The van der Waals surface area contributed by atoms with E-state index in [9.17, 15) is 9.90 Å². The fraction of sp³-hybridized carbons (Fsp3) is 0.600. The second-order valence-electron chi connectivity index (χ2n) is 7.99. The smallest absolute Gasteiger partial charge is 0.262 e. The molecule has 1 aliphatic carbocycles. The number of anilines is 1. The van der Waals surface area contributed by atoms with Crippen LogP contribution in [0.15, 0.2) is 16.9 Å². The maximum atomic E-state index is 12.9. The monoisotopic (exact) mass is 341 g/mol. The molecular formula is C20H27N3O2. The van der Waals surface area contributed by atoms with Gasteiger partial charge < -0.3 is 10.0 Å². The third-order valence-corrected chi connectivity index (χ3v) is 6.01. The lowest BCUT2D eigenvalue weighted by Crippen LogP contribution is -2.58. The van der Waals surface area contributed by atoms with Crippen LogP contribution in [0, 0.1) is 12.3 Å².